The van der Waals surface area contributed by atoms with Crippen LogP contribution in [0.4, 0.5) is 15.8 Å². The highest BCUT2D eigenvalue weighted by atomic mass is 19.1. The third-order valence-corrected chi connectivity index (χ3v) is 3.73. The lowest BCUT2D eigenvalue weighted by atomic mass is 9.96. The van der Waals surface area contributed by atoms with Gasteiger partial charge in [-0.2, -0.15) is 0 Å². The van der Waals surface area contributed by atoms with Crippen molar-refractivity contribution in [2.45, 2.75) is 19.4 Å². The van der Waals surface area contributed by atoms with E-state index < -0.39 is 39.7 Å². The van der Waals surface area contributed by atoms with Crippen LogP contribution in [0.15, 0.2) is 12.1 Å². The topological polar surface area (TPSA) is 110 Å². The average molecular weight is 297 g/mol. The number of benzene rings is 1. The molecule has 21 heavy (non-hydrogen) atoms. The largest absolute Gasteiger partial charge is 0.393 e. The summed E-state index contributed by atoms with van der Waals surface area (Å²) < 4.78 is 13.9. The van der Waals surface area contributed by atoms with Gasteiger partial charge >= 0.3 is 0 Å². The van der Waals surface area contributed by atoms with Crippen molar-refractivity contribution in [1.82, 2.24) is 4.90 Å². The number of rotatable bonds is 2. The summed E-state index contributed by atoms with van der Waals surface area (Å²) in [5, 5.41) is 20.5. The van der Waals surface area contributed by atoms with E-state index in [2.05, 4.69) is 0 Å². The molecule has 0 aliphatic carbocycles. The number of carbonyl (C=O) groups excluding carboxylic acids is 1. The number of likely N-dealkylation sites (tertiary alicyclic amines) is 1. The van der Waals surface area contributed by atoms with Crippen molar-refractivity contribution in [3.63, 3.8) is 0 Å². The number of carbonyl (C=O) groups is 1. The molecule has 2 unspecified atom stereocenters. The second-order valence-corrected chi connectivity index (χ2v) is 5.20. The maximum absolute atomic E-state index is 13.9. The fourth-order valence-electron chi connectivity index (χ4n) is 2.43. The molecule has 0 saturated carbocycles. The van der Waals surface area contributed by atoms with Gasteiger partial charge in [-0.3, -0.25) is 14.9 Å². The van der Waals surface area contributed by atoms with Gasteiger partial charge in [0.25, 0.3) is 11.6 Å². The van der Waals surface area contributed by atoms with Gasteiger partial charge in [0.2, 0.25) is 0 Å². The molecule has 0 spiro atoms. The first-order valence-corrected chi connectivity index (χ1v) is 6.52. The quantitative estimate of drug-likeness (QED) is 0.483. The monoisotopic (exact) mass is 297 g/mol. The maximum atomic E-state index is 13.9. The van der Waals surface area contributed by atoms with Crippen LogP contribution < -0.4 is 5.73 Å². The number of hydrogen-bond donors (Lipinski definition) is 2. The highest BCUT2D eigenvalue weighted by Gasteiger charge is 2.32. The van der Waals surface area contributed by atoms with Gasteiger partial charge in [0.15, 0.2) is 0 Å². The summed E-state index contributed by atoms with van der Waals surface area (Å²) >= 11 is 0. The fourth-order valence-corrected chi connectivity index (χ4v) is 2.43. The number of aliphatic hydroxyl groups excluding tert-OH is 1. The number of nitro benzene ring substituents is 1. The lowest BCUT2D eigenvalue weighted by Crippen LogP contribution is -2.45. The number of halogens is 1. The zero-order valence-corrected chi connectivity index (χ0v) is 11.5. The van der Waals surface area contributed by atoms with E-state index in [0.717, 1.165) is 12.1 Å². The second kappa shape index (κ2) is 5.65. The van der Waals surface area contributed by atoms with Crippen molar-refractivity contribution < 1.29 is 19.2 Å². The van der Waals surface area contributed by atoms with E-state index in [4.69, 9.17) is 5.73 Å². The lowest BCUT2D eigenvalue weighted by Gasteiger charge is -2.34. The lowest BCUT2D eigenvalue weighted by molar-refractivity contribution is -0.384. The van der Waals surface area contributed by atoms with Crippen molar-refractivity contribution in [2.24, 2.45) is 5.92 Å². The standard InChI is InChI=1S/C13H16FN3O4/c1-7-6-16(5-4-10(7)18)13(19)11-8(14)2-3-9(12(11)15)17(20)21/h2-3,7,10,18H,4-6,15H2,1H3. The number of nitrogens with zero attached hydrogens (tertiary/aromatic N) is 2. The number of nitro groups is 1. The van der Waals surface area contributed by atoms with E-state index in [-0.39, 0.29) is 19.0 Å². The Kier molecular flexibility index (Phi) is 4.08. The maximum Gasteiger partial charge on any atom is 0.293 e. The van der Waals surface area contributed by atoms with E-state index in [1.54, 1.807) is 6.92 Å². The first-order chi connectivity index (χ1) is 9.82. The molecule has 1 fully saturated rings. The van der Waals surface area contributed by atoms with Crippen LogP contribution in [0, 0.1) is 21.8 Å². The minimum atomic E-state index is -0.887. The van der Waals surface area contributed by atoms with Gasteiger partial charge in [-0.05, 0) is 18.4 Å². The number of anilines is 1. The Bertz CT molecular complexity index is 593. The Labute approximate surface area is 120 Å². The molecule has 2 atom stereocenters. The molecule has 1 saturated heterocycles. The molecular weight excluding hydrogens is 281 g/mol. The summed E-state index contributed by atoms with van der Waals surface area (Å²) in [7, 11) is 0. The van der Waals surface area contributed by atoms with Crippen molar-refractivity contribution >= 4 is 17.3 Å². The third-order valence-electron chi connectivity index (χ3n) is 3.73. The summed E-state index contributed by atoms with van der Waals surface area (Å²) in [5.74, 6) is -1.72. The van der Waals surface area contributed by atoms with E-state index in [9.17, 15) is 24.4 Å². The van der Waals surface area contributed by atoms with Crippen molar-refractivity contribution in [1.29, 1.82) is 0 Å². The zero-order chi connectivity index (χ0) is 15.7. The van der Waals surface area contributed by atoms with Crippen LogP contribution in [-0.2, 0) is 0 Å². The van der Waals surface area contributed by atoms with Gasteiger partial charge in [-0.15, -0.1) is 0 Å². The van der Waals surface area contributed by atoms with Crippen LogP contribution in [-0.4, -0.2) is 40.0 Å². The van der Waals surface area contributed by atoms with Crippen LogP contribution in [0.1, 0.15) is 23.7 Å². The predicted octanol–water partition coefficient (Wildman–Crippen LogP) is 1.16. The minimum absolute atomic E-state index is 0.148. The van der Waals surface area contributed by atoms with Gasteiger partial charge in [0.05, 0.1) is 11.0 Å². The van der Waals surface area contributed by atoms with Gasteiger partial charge in [0.1, 0.15) is 17.1 Å². The molecular formula is C13H16FN3O4. The van der Waals surface area contributed by atoms with Gasteiger partial charge in [-0.1, -0.05) is 6.92 Å². The van der Waals surface area contributed by atoms with Crippen molar-refractivity contribution in [2.75, 3.05) is 18.8 Å². The minimum Gasteiger partial charge on any atom is -0.393 e. The Morgan fingerprint density at radius 2 is 2.24 bits per heavy atom. The Balaban J connectivity index is 2.35. The first-order valence-electron chi connectivity index (χ1n) is 6.52. The number of aliphatic hydroxyl groups is 1. The van der Waals surface area contributed by atoms with E-state index in [0.29, 0.717) is 6.42 Å². The highest BCUT2D eigenvalue weighted by molar-refractivity contribution is 6.01. The molecule has 1 aromatic rings. The van der Waals surface area contributed by atoms with Gasteiger partial charge < -0.3 is 15.7 Å². The Morgan fingerprint density at radius 1 is 1.57 bits per heavy atom. The zero-order valence-electron chi connectivity index (χ0n) is 11.5. The molecule has 0 radical (unpaired) electrons. The molecule has 114 valence electrons. The number of nitrogens with two attached hydrogens (primary N) is 1. The van der Waals surface area contributed by atoms with Crippen LogP contribution in [0.3, 0.4) is 0 Å². The molecule has 2 rings (SSSR count). The normalized spacial score (nSPS) is 22.1. The molecule has 1 aromatic carbocycles. The van der Waals surface area contributed by atoms with Crippen LogP contribution in [0.5, 0.6) is 0 Å². The molecule has 1 aliphatic heterocycles. The van der Waals surface area contributed by atoms with Gasteiger partial charge in [-0.25, -0.2) is 4.39 Å². The van der Waals surface area contributed by atoms with Crippen molar-refractivity contribution in [3.8, 4) is 0 Å². The number of piperidine rings is 1. The Morgan fingerprint density at radius 3 is 2.81 bits per heavy atom. The summed E-state index contributed by atoms with van der Waals surface area (Å²) in [4.78, 5) is 23.8. The molecule has 0 bridgehead atoms. The second-order valence-electron chi connectivity index (χ2n) is 5.20. The molecule has 1 amide bonds. The first kappa shape index (κ1) is 15.2. The van der Waals surface area contributed by atoms with Crippen molar-refractivity contribution in [3.05, 3.63) is 33.6 Å². The average Bonchev–Trinajstić information content (AvgIpc) is 2.41. The summed E-state index contributed by atoms with van der Waals surface area (Å²) in [6, 6.07) is 1.80. The fraction of sp³-hybridized carbons (Fsp3) is 0.462. The molecule has 0 aromatic heterocycles. The van der Waals surface area contributed by atoms with Crippen LogP contribution in [0.25, 0.3) is 0 Å². The summed E-state index contributed by atoms with van der Waals surface area (Å²) in [6.45, 7) is 2.28. The third kappa shape index (κ3) is 2.80. The molecule has 8 heteroatoms. The molecule has 1 heterocycles. The highest BCUT2D eigenvalue weighted by Crippen LogP contribution is 2.29. The molecule has 3 N–H and O–H groups in total. The SMILES string of the molecule is CC1CN(C(=O)c2c(F)ccc([N+](=O)[O-])c2N)CCC1O. The van der Waals surface area contributed by atoms with Gasteiger partial charge in [0, 0.05) is 19.2 Å². The Hall–Kier alpha value is -2.22. The molecule has 1 aliphatic rings. The van der Waals surface area contributed by atoms with E-state index in [1.807, 2.05) is 0 Å². The number of hydrogen-bond acceptors (Lipinski definition) is 5. The number of nitrogen functional groups attached to an aromatic ring is 1. The summed E-state index contributed by atoms with van der Waals surface area (Å²) in [5.41, 5.74) is 4.13. The molecule has 7 nitrogen and oxygen atoms in total. The number of amides is 1. The van der Waals surface area contributed by atoms with E-state index >= 15 is 0 Å². The van der Waals surface area contributed by atoms with Crippen LogP contribution >= 0.6 is 0 Å². The van der Waals surface area contributed by atoms with Crippen LogP contribution in [0.2, 0.25) is 0 Å². The summed E-state index contributed by atoms with van der Waals surface area (Å²) in [6.07, 6.45) is -0.134. The smallest absolute Gasteiger partial charge is 0.293 e. The van der Waals surface area contributed by atoms with E-state index in [1.165, 1.54) is 4.90 Å². The predicted molar refractivity (Wildman–Crippen MR) is 73.2 cm³/mol.